The van der Waals surface area contributed by atoms with Crippen LogP contribution in [0.4, 0.5) is 0 Å². The maximum Gasteiger partial charge on any atom is 0.0699 e. The lowest BCUT2D eigenvalue weighted by Crippen LogP contribution is -2.32. The molecule has 1 atom stereocenters. The van der Waals surface area contributed by atoms with E-state index in [1.807, 2.05) is 0 Å². The van der Waals surface area contributed by atoms with Crippen molar-refractivity contribution in [3.63, 3.8) is 0 Å². The van der Waals surface area contributed by atoms with Crippen LogP contribution in [0.3, 0.4) is 0 Å². The van der Waals surface area contributed by atoms with E-state index in [4.69, 9.17) is 0 Å². The van der Waals surface area contributed by atoms with Gasteiger partial charge in [0.1, 0.15) is 0 Å². The highest BCUT2D eigenvalue weighted by Gasteiger charge is 2.40. The summed E-state index contributed by atoms with van der Waals surface area (Å²) >= 11 is 0. The van der Waals surface area contributed by atoms with Gasteiger partial charge in [-0.15, -0.1) is 0 Å². The van der Waals surface area contributed by atoms with Crippen molar-refractivity contribution in [2.45, 2.75) is 5.41 Å². The third-order valence-corrected chi connectivity index (χ3v) is 7.56. The summed E-state index contributed by atoms with van der Waals surface area (Å²) in [6.45, 7) is 0. The molecule has 0 nitrogen and oxygen atoms in total. The zero-order chi connectivity index (χ0) is 19.3. The molecule has 6 rings (SSSR count). The Labute approximate surface area is 172 Å². The standard InChI is InChI=1S/C28H19Si/c1-2-11-22(12-3-1)28(23-17-16-20-9-4-5-10-21(20)19-23)18-8-15-26-27(28)24-13-6-7-14-25(24)29-26/h1-19H. The number of hydrogen-bond donors (Lipinski definition) is 0. The van der Waals surface area contributed by atoms with Gasteiger partial charge in [0.05, 0.1) is 14.5 Å². The van der Waals surface area contributed by atoms with E-state index < -0.39 is 0 Å². The highest BCUT2D eigenvalue weighted by molar-refractivity contribution is 6.45. The van der Waals surface area contributed by atoms with Crippen molar-refractivity contribution in [3.8, 4) is 0 Å². The van der Waals surface area contributed by atoms with Crippen LogP contribution in [0.25, 0.3) is 16.3 Å². The Kier molecular flexibility index (Phi) is 3.65. The molecule has 1 aliphatic carbocycles. The SMILES string of the molecule is C1=CC(c2ccccc2)(c2ccc3ccccc3c2)C2=c3ccccc3=[Si]C2=C1. The minimum absolute atomic E-state index is 0.269. The summed E-state index contributed by atoms with van der Waals surface area (Å²) in [5.74, 6) is 0. The summed E-state index contributed by atoms with van der Waals surface area (Å²) < 4.78 is 0. The quantitative estimate of drug-likeness (QED) is 0.407. The predicted octanol–water partition coefficient (Wildman–Crippen LogP) is 5.40. The highest BCUT2D eigenvalue weighted by atomic mass is 28.2. The van der Waals surface area contributed by atoms with Crippen LogP contribution >= 0.6 is 0 Å². The largest absolute Gasteiger partial charge is 0.0699 e. The molecular weight excluding hydrogens is 364 g/mol. The van der Waals surface area contributed by atoms with Crippen molar-refractivity contribution in [1.29, 1.82) is 0 Å². The van der Waals surface area contributed by atoms with Gasteiger partial charge in [0.2, 0.25) is 0 Å². The van der Waals surface area contributed by atoms with E-state index in [9.17, 15) is 0 Å². The van der Waals surface area contributed by atoms with Gasteiger partial charge < -0.3 is 0 Å². The van der Waals surface area contributed by atoms with Crippen molar-refractivity contribution < 1.29 is 0 Å². The summed E-state index contributed by atoms with van der Waals surface area (Å²) in [6, 6.07) is 35.5. The normalized spacial score (nSPS) is 19.4. The van der Waals surface area contributed by atoms with Crippen LogP contribution in [0.15, 0.2) is 120 Å². The highest BCUT2D eigenvalue weighted by Crippen LogP contribution is 2.47. The van der Waals surface area contributed by atoms with E-state index in [-0.39, 0.29) is 5.41 Å². The first-order chi connectivity index (χ1) is 14.4. The summed E-state index contributed by atoms with van der Waals surface area (Å²) in [5.41, 5.74) is 3.85. The molecule has 1 heteroatoms. The molecule has 4 aromatic rings. The zero-order valence-electron chi connectivity index (χ0n) is 16.0. The first kappa shape index (κ1) is 16.6. The van der Waals surface area contributed by atoms with Crippen LogP contribution in [0.1, 0.15) is 11.1 Å². The summed E-state index contributed by atoms with van der Waals surface area (Å²) in [7, 11) is 0.720. The van der Waals surface area contributed by atoms with Crippen LogP contribution in [-0.4, -0.2) is 9.13 Å². The predicted molar refractivity (Wildman–Crippen MR) is 122 cm³/mol. The molecule has 0 N–H and O–H groups in total. The molecule has 2 aliphatic rings. The Bertz CT molecular complexity index is 1440. The summed E-state index contributed by atoms with van der Waals surface area (Å²) in [5, 5.41) is 5.44. The lowest BCUT2D eigenvalue weighted by molar-refractivity contribution is 0.833. The number of benzene rings is 4. The molecule has 0 saturated carbocycles. The smallest absolute Gasteiger partial charge is 0.0652 e. The van der Waals surface area contributed by atoms with Crippen LogP contribution < -0.4 is 5.22 Å². The van der Waals surface area contributed by atoms with Gasteiger partial charge >= 0.3 is 0 Å². The Morgan fingerprint density at radius 1 is 0.621 bits per heavy atom. The molecule has 0 spiro atoms. The van der Waals surface area contributed by atoms with Gasteiger partial charge in [0.25, 0.3) is 0 Å². The van der Waals surface area contributed by atoms with Crippen LogP contribution in [0, 0.1) is 4.81 Å². The Morgan fingerprint density at radius 2 is 1.38 bits per heavy atom. The van der Waals surface area contributed by atoms with Crippen LogP contribution in [-0.2, 0) is 5.41 Å². The molecule has 1 radical (unpaired) electrons. The van der Waals surface area contributed by atoms with Gasteiger partial charge in [-0.2, -0.15) is 0 Å². The van der Waals surface area contributed by atoms with Gasteiger partial charge in [0, 0.05) is 0 Å². The summed E-state index contributed by atoms with van der Waals surface area (Å²) in [6.07, 6.45) is 6.98. The molecule has 135 valence electrons. The van der Waals surface area contributed by atoms with Gasteiger partial charge in [-0.05, 0) is 48.8 Å². The van der Waals surface area contributed by atoms with Crippen molar-refractivity contribution in [3.05, 3.63) is 142 Å². The fourth-order valence-electron chi connectivity index (χ4n) is 4.87. The average Bonchev–Trinajstić information content (AvgIpc) is 3.18. The fourth-order valence-corrected chi connectivity index (χ4v) is 6.32. The average molecular weight is 384 g/mol. The lowest BCUT2D eigenvalue weighted by Gasteiger charge is -2.37. The molecule has 1 aliphatic heterocycles. The molecule has 29 heavy (non-hydrogen) atoms. The van der Waals surface area contributed by atoms with Crippen molar-refractivity contribution in [2.24, 2.45) is 0 Å². The van der Waals surface area contributed by atoms with Gasteiger partial charge in [0.15, 0.2) is 0 Å². The van der Waals surface area contributed by atoms with E-state index in [1.54, 1.807) is 0 Å². The zero-order valence-corrected chi connectivity index (χ0v) is 17.0. The van der Waals surface area contributed by atoms with Gasteiger partial charge in [-0.25, -0.2) is 0 Å². The van der Waals surface area contributed by atoms with Crippen LogP contribution in [0.2, 0.25) is 0 Å². The van der Waals surface area contributed by atoms with Gasteiger partial charge in [-0.1, -0.05) is 109 Å². The Morgan fingerprint density at radius 3 is 2.28 bits per heavy atom. The lowest BCUT2D eigenvalue weighted by atomic mass is 9.66. The monoisotopic (exact) mass is 383 g/mol. The number of allylic oxidation sites excluding steroid dienone is 4. The summed E-state index contributed by atoms with van der Waals surface area (Å²) in [4.78, 5) is 1.46. The minimum atomic E-state index is -0.269. The van der Waals surface area contributed by atoms with Crippen molar-refractivity contribution in [1.82, 2.24) is 0 Å². The minimum Gasteiger partial charge on any atom is -0.0652 e. The molecule has 0 amide bonds. The number of hydrogen-bond acceptors (Lipinski definition) is 0. The Hall–Kier alpha value is -3.29. The van der Waals surface area contributed by atoms with E-state index in [0.717, 1.165) is 9.13 Å². The topological polar surface area (TPSA) is 0 Å². The van der Waals surface area contributed by atoms with E-state index in [1.165, 1.54) is 42.7 Å². The molecule has 0 bridgehead atoms. The second-order valence-corrected chi connectivity index (χ2v) is 9.05. The molecule has 4 aromatic carbocycles. The fraction of sp³-hybridized carbons (Fsp3) is 0.0357. The van der Waals surface area contributed by atoms with E-state index >= 15 is 0 Å². The Balaban J connectivity index is 1.76. The molecule has 0 saturated heterocycles. The molecule has 1 heterocycles. The third kappa shape index (κ3) is 2.41. The molecule has 0 fully saturated rings. The van der Waals surface area contributed by atoms with Crippen molar-refractivity contribution >= 4 is 25.5 Å². The van der Waals surface area contributed by atoms with E-state index in [0.29, 0.717) is 0 Å². The molecule has 1 unspecified atom stereocenters. The van der Waals surface area contributed by atoms with E-state index in [2.05, 4.69) is 115 Å². The first-order valence-electron chi connectivity index (χ1n) is 10.0. The van der Waals surface area contributed by atoms with Crippen LogP contribution in [0.5, 0.6) is 0 Å². The number of rotatable bonds is 2. The second-order valence-electron chi connectivity index (χ2n) is 7.72. The second kappa shape index (κ2) is 6.37. The molecular formula is C28H19Si. The number of fused-ring (bicyclic) bond motifs is 3. The molecule has 0 aromatic heterocycles. The third-order valence-electron chi connectivity index (χ3n) is 6.17. The van der Waals surface area contributed by atoms with Gasteiger partial charge in [-0.3, -0.25) is 0 Å². The maximum atomic E-state index is 2.40. The first-order valence-corrected chi connectivity index (χ1v) is 11.0. The maximum absolute atomic E-state index is 2.40. The van der Waals surface area contributed by atoms with Crippen molar-refractivity contribution in [2.75, 3.05) is 0 Å².